The van der Waals surface area contributed by atoms with Crippen molar-refractivity contribution >= 4 is 11.6 Å². The Bertz CT molecular complexity index is 95.6. The Morgan fingerprint density at radius 3 is 2.70 bits per heavy atom. The topological polar surface area (TPSA) is 12.5 Å². The molecule has 0 aliphatic rings. The van der Waals surface area contributed by atoms with Crippen molar-refractivity contribution in [1.29, 1.82) is 0 Å². The molecule has 0 radical (unpaired) electrons. The summed E-state index contributed by atoms with van der Waals surface area (Å²) < 4.78 is 4.88. The molecular formula is C7H14ClNO. The molecule has 0 amide bonds. The van der Waals surface area contributed by atoms with Crippen LogP contribution in [0, 0.1) is 0 Å². The van der Waals surface area contributed by atoms with Gasteiger partial charge in [-0.25, -0.2) is 0 Å². The maximum Gasteiger partial charge on any atom is 0.100 e. The summed E-state index contributed by atoms with van der Waals surface area (Å²) in [5.41, 5.74) is -0.00681. The molecule has 0 saturated heterocycles. The molecule has 0 aliphatic carbocycles. The third-order valence-electron chi connectivity index (χ3n) is 1.25. The molecule has 1 unspecified atom stereocenters. The van der Waals surface area contributed by atoms with Gasteiger partial charge in [0.05, 0.1) is 6.61 Å². The van der Waals surface area contributed by atoms with Crippen LogP contribution in [0.2, 0.25) is 0 Å². The van der Waals surface area contributed by atoms with E-state index in [1.54, 1.807) is 13.3 Å². The van der Waals surface area contributed by atoms with Gasteiger partial charge in [0, 0.05) is 13.7 Å². The number of nitrogens with zero attached hydrogens (tertiary/aromatic N) is 1. The van der Waals surface area contributed by atoms with Gasteiger partial charge >= 0.3 is 0 Å². The summed E-state index contributed by atoms with van der Waals surface area (Å²) in [4.78, 5) is 1.91. The summed E-state index contributed by atoms with van der Waals surface area (Å²) in [7, 11) is 1.67. The molecule has 3 heteroatoms. The number of hydrogen-bond donors (Lipinski definition) is 0. The Labute approximate surface area is 67.4 Å². The highest BCUT2D eigenvalue weighted by Gasteiger charge is 2.03. The minimum absolute atomic E-state index is 0.00681. The Balaban J connectivity index is 3.50. The van der Waals surface area contributed by atoms with E-state index < -0.39 is 0 Å². The monoisotopic (exact) mass is 163 g/mol. The zero-order valence-corrected chi connectivity index (χ0v) is 7.27. The molecule has 0 rings (SSSR count). The first-order chi connectivity index (χ1) is 4.72. The molecule has 2 nitrogen and oxygen atoms in total. The van der Waals surface area contributed by atoms with Crippen LogP contribution in [-0.4, -0.2) is 30.7 Å². The molecule has 0 fully saturated rings. The Morgan fingerprint density at radius 1 is 1.80 bits per heavy atom. The summed E-state index contributed by atoms with van der Waals surface area (Å²) in [6.07, 6.45) is 1.72. The number of halogens is 1. The summed E-state index contributed by atoms with van der Waals surface area (Å²) in [5, 5.41) is 0. The second-order valence-corrected chi connectivity index (χ2v) is 2.62. The predicted octanol–water partition coefficient (Wildman–Crippen LogP) is 1.66. The lowest BCUT2D eigenvalue weighted by Gasteiger charge is -2.21. The van der Waals surface area contributed by atoms with Crippen LogP contribution < -0.4 is 0 Å². The van der Waals surface area contributed by atoms with Crippen LogP contribution in [0.5, 0.6) is 0 Å². The molecule has 60 valence electrons. The molecule has 0 N–H and O–H groups in total. The molecule has 0 aromatic rings. The first-order valence-electron chi connectivity index (χ1n) is 3.23. The molecule has 1 atom stereocenters. The van der Waals surface area contributed by atoms with E-state index in [4.69, 9.17) is 16.3 Å². The van der Waals surface area contributed by atoms with Crippen LogP contribution in [0.25, 0.3) is 0 Å². The van der Waals surface area contributed by atoms with Crippen molar-refractivity contribution in [3.8, 4) is 0 Å². The average Bonchev–Trinajstić information content (AvgIpc) is 1.89. The number of methoxy groups -OCH3 is 1. The maximum absolute atomic E-state index is 5.78. The zero-order valence-electron chi connectivity index (χ0n) is 6.51. The van der Waals surface area contributed by atoms with Crippen LogP contribution in [0.1, 0.15) is 6.92 Å². The fraction of sp³-hybridized carbons (Fsp3) is 0.714. The summed E-state index contributed by atoms with van der Waals surface area (Å²) in [6, 6.07) is 0. The van der Waals surface area contributed by atoms with Gasteiger partial charge in [0.15, 0.2) is 0 Å². The SMILES string of the molecule is C=CN(CCOC)C(C)Cl. The van der Waals surface area contributed by atoms with Gasteiger partial charge in [0.25, 0.3) is 0 Å². The van der Waals surface area contributed by atoms with E-state index in [0.29, 0.717) is 6.61 Å². The molecule has 10 heavy (non-hydrogen) atoms. The summed E-state index contributed by atoms with van der Waals surface area (Å²) in [6.45, 7) is 7.00. The van der Waals surface area contributed by atoms with E-state index in [1.165, 1.54) is 0 Å². The number of alkyl halides is 1. The van der Waals surface area contributed by atoms with Crippen LogP contribution in [0.3, 0.4) is 0 Å². The lowest BCUT2D eigenvalue weighted by Crippen LogP contribution is -2.26. The Hall–Kier alpha value is -0.210. The first kappa shape index (κ1) is 9.79. The third-order valence-corrected chi connectivity index (χ3v) is 1.50. The fourth-order valence-corrected chi connectivity index (χ4v) is 0.788. The average molecular weight is 164 g/mol. The van der Waals surface area contributed by atoms with Crippen molar-refractivity contribution in [3.63, 3.8) is 0 Å². The van der Waals surface area contributed by atoms with E-state index in [2.05, 4.69) is 6.58 Å². The second kappa shape index (κ2) is 5.57. The van der Waals surface area contributed by atoms with E-state index in [-0.39, 0.29) is 5.50 Å². The Morgan fingerprint density at radius 2 is 2.40 bits per heavy atom. The number of ether oxygens (including phenoxy) is 1. The lowest BCUT2D eigenvalue weighted by atomic mass is 10.5. The second-order valence-electron chi connectivity index (χ2n) is 1.99. The van der Waals surface area contributed by atoms with Crippen molar-refractivity contribution < 1.29 is 4.74 Å². The van der Waals surface area contributed by atoms with Gasteiger partial charge in [-0.15, -0.1) is 0 Å². The van der Waals surface area contributed by atoms with Gasteiger partial charge in [-0.05, 0) is 13.1 Å². The smallest absolute Gasteiger partial charge is 0.100 e. The van der Waals surface area contributed by atoms with Gasteiger partial charge in [-0.1, -0.05) is 18.2 Å². The normalized spacial score (nSPS) is 12.7. The standard InChI is InChI=1S/C7H14ClNO/c1-4-9(7(2)8)5-6-10-3/h4,7H,1,5-6H2,2-3H3. The van der Waals surface area contributed by atoms with Crippen LogP contribution in [0.4, 0.5) is 0 Å². The molecular weight excluding hydrogens is 150 g/mol. The minimum atomic E-state index is -0.00681. The minimum Gasteiger partial charge on any atom is -0.383 e. The lowest BCUT2D eigenvalue weighted by molar-refractivity contribution is 0.167. The molecule has 0 aromatic heterocycles. The van der Waals surface area contributed by atoms with E-state index >= 15 is 0 Å². The molecule has 0 spiro atoms. The number of hydrogen-bond acceptors (Lipinski definition) is 2. The van der Waals surface area contributed by atoms with E-state index in [0.717, 1.165) is 6.54 Å². The summed E-state index contributed by atoms with van der Waals surface area (Å²) in [5.74, 6) is 0. The maximum atomic E-state index is 5.78. The fourth-order valence-electron chi connectivity index (χ4n) is 0.611. The van der Waals surface area contributed by atoms with Crippen molar-refractivity contribution in [2.24, 2.45) is 0 Å². The Kier molecular flexibility index (Phi) is 5.45. The molecule has 0 bridgehead atoms. The molecule has 0 aromatic carbocycles. The van der Waals surface area contributed by atoms with Gasteiger partial charge in [0.2, 0.25) is 0 Å². The van der Waals surface area contributed by atoms with Crippen molar-refractivity contribution in [1.82, 2.24) is 4.90 Å². The van der Waals surface area contributed by atoms with Gasteiger partial charge in [0.1, 0.15) is 5.50 Å². The van der Waals surface area contributed by atoms with E-state index in [1.807, 2.05) is 11.8 Å². The molecule has 0 saturated carbocycles. The van der Waals surface area contributed by atoms with Gasteiger partial charge in [-0.2, -0.15) is 0 Å². The van der Waals surface area contributed by atoms with Crippen LogP contribution in [-0.2, 0) is 4.74 Å². The molecule has 0 aliphatic heterocycles. The predicted molar refractivity (Wildman–Crippen MR) is 44.1 cm³/mol. The number of rotatable bonds is 5. The zero-order chi connectivity index (χ0) is 7.98. The van der Waals surface area contributed by atoms with Crippen molar-refractivity contribution in [2.45, 2.75) is 12.4 Å². The highest BCUT2D eigenvalue weighted by atomic mass is 35.5. The first-order valence-corrected chi connectivity index (χ1v) is 3.67. The van der Waals surface area contributed by atoms with Gasteiger partial charge < -0.3 is 9.64 Å². The molecule has 0 heterocycles. The highest BCUT2D eigenvalue weighted by molar-refractivity contribution is 6.20. The van der Waals surface area contributed by atoms with Crippen molar-refractivity contribution in [3.05, 3.63) is 12.8 Å². The van der Waals surface area contributed by atoms with Gasteiger partial charge in [-0.3, -0.25) is 0 Å². The van der Waals surface area contributed by atoms with Crippen LogP contribution >= 0.6 is 11.6 Å². The highest BCUT2D eigenvalue weighted by Crippen LogP contribution is 2.02. The van der Waals surface area contributed by atoms with Crippen LogP contribution in [0.15, 0.2) is 12.8 Å². The third kappa shape index (κ3) is 3.75. The summed E-state index contributed by atoms with van der Waals surface area (Å²) >= 11 is 5.78. The quantitative estimate of drug-likeness (QED) is 0.452. The largest absolute Gasteiger partial charge is 0.383 e. The van der Waals surface area contributed by atoms with E-state index in [9.17, 15) is 0 Å². The van der Waals surface area contributed by atoms with Crippen molar-refractivity contribution in [2.75, 3.05) is 20.3 Å².